The Bertz CT molecular complexity index is 1020. The summed E-state index contributed by atoms with van der Waals surface area (Å²) in [6.07, 6.45) is 3.45. The highest BCUT2D eigenvalue weighted by molar-refractivity contribution is 6.12. The number of ketones is 1. The van der Waals surface area contributed by atoms with Gasteiger partial charge in [0.1, 0.15) is 18.3 Å². The highest BCUT2D eigenvalue weighted by Gasteiger charge is 2.43. The van der Waals surface area contributed by atoms with Crippen LogP contribution in [-0.2, 0) is 16.0 Å². The maximum absolute atomic E-state index is 13.3. The zero-order valence-electron chi connectivity index (χ0n) is 20.5. The Balaban J connectivity index is 1.84. The van der Waals surface area contributed by atoms with Gasteiger partial charge in [-0.3, -0.25) is 9.59 Å². The van der Waals surface area contributed by atoms with E-state index in [1.54, 1.807) is 6.07 Å². The third-order valence-electron chi connectivity index (χ3n) is 6.37. The average molecular weight is 470 g/mol. The molecular formula is C27H35NO6. The zero-order valence-corrected chi connectivity index (χ0v) is 20.5. The summed E-state index contributed by atoms with van der Waals surface area (Å²) in [6, 6.07) is 9.31. The van der Waals surface area contributed by atoms with Crippen molar-refractivity contribution in [3.63, 3.8) is 0 Å². The number of nitrogens with zero attached hydrogens (tertiary/aromatic N) is 1. The van der Waals surface area contributed by atoms with Crippen LogP contribution in [0.3, 0.4) is 0 Å². The van der Waals surface area contributed by atoms with Crippen molar-refractivity contribution in [2.24, 2.45) is 11.8 Å². The molecular weight excluding hydrogens is 434 g/mol. The second-order valence-electron chi connectivity index (χ2n) is 9.39. The van der Waals surface area contributed by atoms with Crippen LogP contribution in [0.15, 0.2) is 34.7 Å². The average Bonchev–Trinajstić information content (AvgIpc) is 3.41. The van der Waals surface area contributed by atoms with E-state index in [-0.39, 0.29) is 30.9 Å². The minimum absolute atomic E-state index is 0.0201. The smallest absolute Gasteiger partial charge is 0.417 e. The zero-order chi connectivity index (χ0) is 24.8. The number of cyclic esters (lactones) is 1. The Morgan fingerprint density at radius 2 is 1.85 bits per heavy atom. The molecule has 0 bridgehead atoms. The van der Waals surface area contributed by atoms with E-state index < -0.39 is 23.7 Å². The van der Waals surface area contributed by atoms with E-state index in [1.807, 2.05) is 45.0 Å². The SMILES string of the molecule is Cc1cccc(-c2cc(C(=O)[C@H](C)C(=O)N3C(=O)OC[C@@H]3C(C)C)oc2CCCCCCO)c1. The van der Waals surface area contributed by atoms with Crippen LogP contribution >= 0.6 is 0 Å². The van der Waals surface area contributed by atoms with Gasteiger partial charge in [-0.25, -0.2) is 9.69 Å². The summed E-state index contributed by atoms with van der Waals surface area (Å²) in [7, 11) is 0. The van der Waals surface area contributed by atoms with E-state index >= 15 is 0 Å². The first-order valence-corrected chi connectivity index (χ1v) is 12.1. The molecule has 2 amide bonds. The van der Waals surface area contributed by atoms with Gasteiger partial charge in [0.2, 0.25) is 11.7 Å². The first-order chi connectivity index (χ1) is 16.2. The minimum atomic E-state index is -1.07. The Hall–Kier alpha value is -2.93. The fourth-order valence-corrected chi connectivity index (χ4v) is 4.26. The van der Waals surface area contributed by atoms with Crippen molar-refractivity contribution in [2.45, 2.75) is 65.8 Å². The van der Waals surface area contributed by atoms with Gasteiger partial charge in [0.25, 0.3) is 0 Å². The van der Waals surface area contributed by atoms with E-state index in [9.17, 15) is 14.4 Å². The molecule has 0 unspecified atom stereocenters. The largest absolute Gasteiger partial charge is 0.457 e. The van der Waals surface area contributed by atoms with Crippen LogP contribution in [0.1, 0.15) is 68.3 Å². The lowest BCUT2D eigenvalue weighted by Gasteiger charge is -2.24. The van der Waals surface area contributed by atoms with E-state index in [2.05, 4.69) is 0 Å². The fraction of sp³-hybridized carbons (Fsp3) is 0.519. The number of Topliss-reactive ketones (excluding diaryl/α,β-unsaturated/α-hetero) is 1. The molecule has 7 heteroatoms. The molecule has 1 N–H and O–H groups in total. The van der Waals surface area contributed by atoms with Gasteiger partial charge in [-0.15, -0.1) is 0 Å². The number of aliphatic hydroxyl groups excluding tert-OH is 1. The number of unbranched alkanes of at least 4 members (excludes halogenated alkanes) is 3. The van der Waals surface area contributed by atoms with Crippen molar-refractivity contribution >= 4 is 17.8 Å². The molecule has 3 rings (SSSR count). The molecule has 1 saturated heterocycles. The number of aryl methyl sites for hydroxylation is 2. The fourth-order valence-electron chi connectivity index (χ4n) is 4.26. The first kappa shape index (κ1) is 25.7. The topological polar surface area (TPSA) is 97.1 Å². The Labute approximate surface area is 201 Å². The van der Waals surface area contributed by atoms with Crippen LogP contribution in [0.2, 0.25) is 0 Å². The third kappa shape index (κ3) is 5.76. The van der Waals surface area contributed by atoms with E-state index in [0.717, 1.165) is 47.3 Å². The maximum Gasteiger partial charge on any atom is 0.417 e. The van der Waals surface area contributed by atoms with Crippen LogP contribution in [0.5, 0.6) is 0 Å². The Kier molecular flexibility index (Phi) is 8.67. The number of aliphatic hydroxyl groups is 1. The van der Waals surface area contributed by atoms with Crippen LogP contribution in [-0.4, -0.2) is 47.0 Å². The molecule has 2 heterocycles. The van der Waals surface area contributed by atoms with Crippen LogP contribution < -0.4 is 0 Å². The normalized spacial score (nSPS) is 16.7. The molecule has 7 nitrogen and oxygen atoms in total. The van der Waals surface area contributed by atoms with Crippen LogP contribution in [0.25, 0.3) is 11.1 Å². The molecule has 1 aliphatic heterocycles. The predicted molar refractivity (Wildman–Crippen MR) is 128 cm³/mol. The number of hydrogen-bond acceptors (Lipinski definition) is 6. The van der Waals surface area contributed by atoms with Crippen molar-refractivity contribution in [3.05, 3.63) is 47.4 Å². The number of carbonyl (C=O) groups excluding carboxylic acids is 3. The Morgan fingerprint density at radius 3 is 2.53 bits per heavy atom. The number of rotatable bonds is 11. The molecule has 34 heavy (non-hydrogen) atoms. The summed E-state index contributed by atoms with van der Waals surface area (Å²) in [4.78, 5) is 39.7. The number of benzene rings is 1. The van der Waals surface area contributed by atoms with E-state index in [1.165, 1.54) is 6.92 Å². The van der Waals surface area contributed by atoms with Gasteiger partial charge in [-0.2, -0.15) is 0 Å². The van der Waals surface area contributed by atoms with Crippen molar-refractivity contribution in [1.29, 1.82) is 0 Å². The van der Waals surface area contributed by atoms with Gasteiger partial charge in [0, 0.05) is 18.6 Å². The lowest BCUT2D eigenvalue weighted by molar-refractivity contribution is -0.132. The van der Waals surface area contributed by atoms with Gasteiger partial charge < -0.3 is 14.3 Å². The maximum atomic E-state index is 13.3. The van der Waals surface area contributed by atoms with Crippen LogP contribution in [0.4, 0.5) is 4.79 Å². The Morgan fingerprint density at radius 1 is 1.12 bits per heavy atom. The first-order valence-electron chi connectivity index (χ1n) is 12.1. The molecule has 2 aromatic rings. The van der Waals surface area contributed by atoms with Gasteiger partial charge in [0.05, 0.1) is 6.04 Å². The van der Waals surface area contributed by atoms with Gasteiger partial charge in [-0.05, 0) is 44.2 Å². The second-order valence-corrected chi connectivity index (χ2v) is 9.39. The lowest BCUT2D eigenvalue weighted by Crippen LogP contribution is -2.45. The number of ether oxygens (including phenoxy) is 1. The lowest BCUT2D eigenvalue weighted by atomic mass is 9.97. The van der Waals surface area contributed by atoms with Gasteiger partial charge in [-0.1, -0.05) is 56.5 Å². The minimum Gasteiger partial charge on any atom is -0.457 e. The predicted octanol–water partition coefficient (Wildman–Crippen LogP) is 5.17. The van der Waals surface area contributed by atoms with Crippen molar-refractivity contribution in [2.75, 3.05) is 13.2 Å². The summed E-state index contributed by atoms with van der Waals surface area (Å²) in [5.41, 5.74) is 2.89. The molecule has 1 aliphatic rings. The molecule has 1 fully saturated rings. The van der Waals surface area contributed by atoms with Crippen molar-refractivity contribution in [1.82, 2.24) is 4.90 Å². The van der Waals surface area contributed by atoms with E-state index in [4.69, 9.17) is 14.3 Å². The van der Waals surface area contributed by atoms with Crippen molar-refractivity contribution in [3.8, 4) is 11.1 Å². The summed E-state index contributed by atoms with van der Waals surface area (Å²) < 4.78 is 11.1. The molecule has 1 aromatic heterocycles. The van der Waals surface area contributed by atoms with Crippen LogP contribution in [0, 0.1) is 18.8 Å². The summed E-state index contributed by atoms with van der Waals surface area (Å²) >= 11 is 0. The summed E-state index contributed by atoms with van der Waals surface area (Å²) in [5.74, 6) is -1.24. The monoisotopic (exact) mass is 469 g/mol. The quantitative estimate of drug-likeness (QED) is 0.277. The van der Waals surface area contributed by atoms with E-state index in [0.29, 0.717) is 12.2 Å². The number of hydrogen-bond donors (Lipinski definition) is 1. The van der Waals surface area contributed by atoms with Gasteiger partial charge in [0.15, 0.2) is 5.76 Å². The highest BCUT2D eigenvalue weighted by Crippen LogP contribution is 2.31. The number of imide groups is 1. The molecule has 184 valence electrons. The summed E-state index contributed by atoms with van der Waals surface area (Å²) in [5, 5.41) is 8.99. The second kappa shape index (κ2) is 11.5. The number of furan rings is 1. The molecule has 0 spiro atoms. The molecule has 0 saturated carbocycles. The third-order valence-corrected chi connectivity index (χ3v) is 6.37. The van der Waals surface area contributed by atoms with Crippen molar-refractivity contribution < 1.29 is 28.6 Å². The summed E-state index contributed by atoms with van der Waals surface area (Å²) in [6.45, 7) is 7.66. The molecule has 0 aliphatic carbocycles. The molecule has 2 atom stereocenters. The standard InChI is InChI=1S/C27H35NO6/c1-17(2)22-16-33-27(32)28(22)26(31)19(4)25(30)24-15-21(20-11-9-10-18(3)14-20)23(34-24)12-7-5-6-8-13-29/h9-11,14-15,17,19,22,29H,5-8,12-13,16H2,1-4H3/t19-,22+/m0/s1. The van der Waals surface area contributed by atoms with Gasteiger partial charge >= 0.3 is 6.09 Å². The number of carbonyl (C=O) groups is 3. The number of amides is 2. The highest BCUT2D eigenvalue weighted by atomic mass is 16.6. The molecule has 0 radical (unpaired) electrons. The molecule has 1 aromatic carbocycles.